The van der Waals surface area contributed by atoms with Gasteiger partial charge in [-0.3, -0.25) is 0 Å². The van der Waals surface area contributed by atoms with E-state index in [4.69, 9.17) is 15.0 Å². The molecule has 0 rings (SSSR count). The van der Waals surface area contributed by atoms with Crippen molar-refractivity contribution in [2.24, 2.45) is 0 Å². The Balaban J connectivity index is -0.0000000450. The second-order valence-corrected chi connectivity index (χ2v) is 0.283. The van der Waals surface area contributed by atoms with Crippen LogP contribution in [0.3, 0.4) is 0 Å². The summed E-state index contributed by atoms with van der Waals surface area (Å²) in [5.74, 6) is 0. The molecule has 0 aromatic rings. The molecule has 0 bridgehead atoms. The molecule has 0 radical (unpaired) electrons. The minimum Gasteiger partial charge on any atom is -1.00 e. The number of rotatable bonds is 0. The number of carbonyl (C=O) groups is 1. The molecular formula is CH3CsO3. The Hall–Kier alpha value is 1.32. The van der Waals surface area contributed by atoms with Crippen LogP contribution in [0.15, 0.2) is 0 Å². The van der Waals surface area contributed by atoms with E-state index in [1.165, 1.54) is 0 Å². The van der Waals surface area contributed by atoms with Gasteiger partial charge in [0.25, 0.3) is 0 Å². The summed E-state index contributed by atoms with van der Waals surface area (Å²) in [6, 6.07) is 0. The third kappa shape index (κ3) is 33.6. The van der Waals surface area contributed by atoms with Crippen LogP contribution >= 0.6 is 0 Å². The first-order valence-corrected chi connectivity index (χ1v) is 0.651. The van der Waals surface area contributed by atoms with Crippen LogP contribution in [-0.4, -0.2) is 16.4 Å². The number of carboxylic acid groups (broad SMARTS) is 2. The quantitative estimate of drug-likeness (QED) is 0.444. The molecule has 0 saturated heterocycles. The summed E-state index contributed by atoms with van der Waals surface area (Å²) in [6.07, 6.45) is -1.83. The van der Waals surface area contributed by atoms with E-state index in [1.807, 2.05) is 0 Å². The Morgan fingerprint density at radius 3 is 1.60 bits per heavy atom. The van der Waals surface area contributed by atoms with Gasteiger partial charge in [-0.15, -0.1) is 0 Å². The van der Waals surface area contributed by atoms with Crippen LogP contribution in [0.1, 0.15) is 1.43 Å². The minimum atomic E-state index is -1.83. The maximum absolute atomic E-state index is 8.56. The summed E-state index contributed by atoms with van der Waals surface area (Å²) in [6.45, 7) is 0. The molecule has 0 aromatic heterocycles. The molecule has 0 aliphatic rings. The Bertz CT molecular complexity index is 33.8. The van der Waals surface area contributed by atoms with E-state index in [2.05, 4.69) is 0 Å². The van der Waals surface area contributed by atoms with Crippen LogP contribution in [0.4, 0.5) is 4.79 Å². The standard InChI is InChI=1S/CH2O3.Cs.H/c2-1(3)4;;/h(H2,2,3,4);;/q;+1;-1. The van der Waals surface area contributed by atoms with Gasteiger partial charge < -0.3 is 11.6 Å². The summed E-state index contributed by atoms with van der Waals surface area (Å²) < 4.78 is 0. The molecule has 0 aliphatic carbocycles. The Morgan fingerprint density at radius 1 is 1.60 bits per heavy atom. The average molecular weight is 196 g/mol. The van der Waals surface area contributed by atoms with Crippen molar-refractivity contribution in [3.63, 3.8) is 0 Å². The molecule has 3 nitrogen and oxygen atoms in total. The zero-order chi connectivity index (χ0) is 3.58. The smallest absolute Gasteiger partial charge is 1.00 e. The molecule has 0 aliphatic heterocycles. The van der Waals surface area contributed by atoms with Gasteiger partial charge in [0.05, 0.1) is 0 Å². The van der Waals surface area contributed by atoms with E-state index in [1.54, 1.807) is 0 Å². The van der Waals surface area contributed by atoms with Gasteiger partial charge in [-0.1, -0.05) is 0 Å². The van der Waals surface area contributed by atoms with Crippen LogP contribution in [0.5, 0.6) is 0 Å². The van der Waals surface area contributed by atoms with Gasteiger partial charge in [0.15, 0.2) is 0 Å². The molecule has 0 atom stereocenters. The van der Waals surface area contributed by atoms with Crippen LogP contribution in [-0.2, 0) is 0 Å². The molecule has 26 valence electrons. The summed E-state index contributed by atoms with van der Waals surface area (Å²) in [5, 5.41) is 13.9. The Kier molecular flexibility index (Phi) is 10.2. The molecule has 0 heterocycles. The normalized spacial score (nSPS) is 4.80. The molecule has 5 heavy (non-hydrogen) atoms. The fourth-order valence-electron chi connectivity index (χ4n) is 0. The average Bonchev–Trinajstić information content (AvgIpc) is 0.811. The van der Waals surface area contributed by atoms with Crippen molar-refractivity contribution in [2.45, 2.75) is 0 Å². The topological polar surface area (TPSA) is 57.5 Å². The Morgan fingerprint density at radius 2 is 1.60 bits per heavy atom. The van der Waals surface area contributed by atoms with Crippen LogP contribution in [0.25, 0.3) is 0 Å². The van der Waals surface area contributed by atoms with Crippen molar-refractivity contribution in [3.8, 4) is 0 Å². The second-order valence-electron chi connectivity index (χ2n) is 0.283. The van der Waals surface area contributed by atoms with Gasteiger partial charge in [-0.05, 0) is 0 Å². The molecule has 0 unspecified atom stereocenters. The summed E-state index contributed by atoms with van der Waals surface area (Å²) in [4.78, 5) is 8.56. The largest absolute Gasteiger partial charge is 1.00 e. The van der Waals surface area contributed by atoms with Crippen molar-refractivity contribution >= 4 is 6.16 Å². The predicted molar refractivity (Wildman–Crippen MR) is 11.8 cm³/mol. The molecular weight excluding hydrogens is 193 g/mol. The first kappa shape index (κ1) is 9.59. The predicted octanol–water partition coefficient (Wildman–Crippen LogP) is -2.66. The van der Waals surface area contributed by atoms with E-state index in [9.17, 15) is 0 Å². The van der Waals surface area contributed by atoms with Gasteiger partial charge >= 0.3 is 75.0 Å². The molecule has 2 N–H and O–H groups in total. The van der Waals surface area contributed by atoms with Crippen molar-refractivity contribution in [1.29, 1.82) is 0 Å². The zero-order valence-corrected chi connectivity index (χ0v) is 9.08. The molecule has 4 heteroatoms. The fourth-order valence-corrected chi connectivity index (χ4v) is 0. The van der Waals surface area contributed by atoms with E-state index in [-0.39, 0.29) is 70.3 Å². The van der Waals surface area contributed by atoms with Gasteiger partial charge in [0.1, 0.15) is 0 Å². The third-order valence-electron chi connectivity index (χ3n) is 0. The van der Waals surface area contributed by atoms with Crippen molar-refractivity contribution in [2.75, 3.05) is 0 Å². The van der Waals surface area contributed by atoms with E-state index < -0.39 is 6.16 Å². The van der Waals surface area contributed by atoms with Crippen molar-refractivity contribution in [1.82, 2.24) is 0 Å². The van der Waals surface area contributed by atoms with Crippen LogP contribution < -0.4 is 68.9 Å². The first-order chi connectivity index (χ1) is 1.73. The maximum atomic E-state index is 8.56. The van der Waals surface area contributed by atoms with Crippen LogP contribution in [0, 0.1) is 0 Å². The fraction of sp³-hybridized carbons (Fsp3) is 0. The number of hydrogen-bond acceptors (Lipinski definition) is 1. The zero-order valence-electron chi connectivity index (χ0n) is 3.80. The summed E-state index contributed by atoms with van der Waals surface area (Å²) >= 11 is 0. The summed E-state index contributed by atoms with van der Waals surface area (Å²) in [5.41, 5.74) is 0. The molecule has 0 saturated carbocycles. The molecule has 0 fully saturated rings. The van der Waals surface area contributed by atoms with Crippen molar-refractivity contribution in [3.05, 3.63) is 0 Å². The molecule has 0 amide bonds. The van der Waals surface area contributed by atoms with Gasteiger partial charge in [0.2, 0.25) is 0 Å². The molecule has 0 aromatic carbocycles. The van der Waals surface area contributed by atoms with Crippen LogP contribution in [0.2, 0.25) is 0 Å². The van der Waals surface area contributed by atoms with Crippen molar-refractivity contribution < 1.29 is 85.3 Å². The van der Waals surface area contributed by atoms with E-state index in [0.717, 1.165) is 0 Å². The monoisotopic (exact) mass is 196 g/mol. The van der Waals surface area contributed by atoms with E-state index >= 15 is 0 Å². The van der Waals surface area contributed by atoms with Gasteiger partial charge in [0, 0.05) is 0 Å². The van der Waals surface area contributed by atoms with Gasteiger partial charge in [-0.2, -0.15) is 0 Å². The third-order valence-corrected chi connectivity index (χ3v) is 0. The second kappa shape index (κ2) is 5.32. The van der Waals surface area contributed by atoms with E-state index in [0.29, 0.717) is 0 Å². The number of hydrogen-bond donors (Lipinski definition) is 2. The first-order valence-electron chi connectivity index (χ1n) is 0.651. The Labute approximate surface area is 89.3 Å². The maximum Gasteiger partial charge on any atom is 1.00 e. The molecule has 0 spiro atoms. The summed E-state index contributed by atoms with van der Waals surface area (Å²) in [7, 11) is 0. The SMILES string of the molecule is O=C(O)O.[Cs+].[H-]. The minimum absolute atomic E-state index is 0. The van der Waals surface area contributed by atoms with Gasteiger partial charge in [-0.25, -0.2) is 4.79 Å².